The van der Waals surface area contributed by atoms with Crippen LogP contribution in [0.15, 0.2) is 64.6 Å². The smallest absolute Gasteiger partial charge is 0.280 e. The molecule has 0 amide bonds. The van der Waals surface area contributed by atoms with Crippen molar-refractivity contribution in [3.63, 3.8) is 0 Å². The first-order chi connectivity index (χ1) is 15.7. The van der Waals surface area contributed by atoms with Crippen LogP contribution in [0.5, 0.6) is 0 Å². The van der Waals surface area contributed by atoms with Crippen LogP contribution in [0.2, 0.25) is 0 Å². The SMILES string of the molecule is O=c1[nH]c(-c2ccncc2)nc2c1CCN(Cc1c[nH]n3c(=O)c4ccccc4nc13)C2. The highest BCUT2D eigenvalue weighted by atomic mass is 16.1. The zero-order chi connectivity index (χ0) is 21.7. The van der Waals surface area contributed by atoms with Crippen LogP contribution >= 0.6 is 0 Å². The fraction of sp³-hybridized carbons (Fsp3) is 0.174. The summed E-state index contributed by atoms with van der Waals surface area (Å²) in [7, 11) is 0. The summed E-state index contributed by atoms with van der Waals surface area (Å²) in [6.45, 7) is 1.87. The monoisotopic (exact) mass is 425 g/mol. The van der Waals surface area contributed by atoms with Gasteiger partial charge in [-0.1, -0.05) is 12.1 Å². The van der Waals surface area contributed by atoms with Crippen LogP contribution in [0.3, 0.4) is 0 Å². The lowest BCUT2D eigenvalue weighted by molar-refractivity contribution is 0.241. The number of aromatic nitrogens is 6. The summed E-state index contributed by atoms with van der Waals surface area (Å²) < 4.78 is 1.49. The number of aromatic amines is 2. The lowest BCUT2D eigenvalue weighted by atomic mass is 10.1. The number of fused-ring (bicyclic) bond motifs is 3. The van der Waals surface area contributed by atoms with E-state index in [9.17, 15) is 9.59 Å². The van der Waals surface area contributed by atoms with Crippen molar-refractivity contribution < 1.29 is 0 Å². The third kappa shape index (κ3) is 3.02. The first-order valence-electron chi connectivity index (χ1n) is 10.4. The van der Waals surface area contributed by atoms with Gasteiger partial charge < -0.3 is 4.98 Å². The first kappa shape index (κ1) is 18.6. The van der Waals surface area contributed by atoms with E-state index in [0.717, 1.165) is 28.9 Å². The number of nitrogens with one attached hydrogen (secondary N) is 2. The van der Waals surface area contributed by atoms with Gasteiger partial charge in [-0.3, -0.25) is 24.6 Å². The summed E-state index contributed by atoms with van der Waals surface area (Å²) in [6, 6.07) is 11.0. The molecule has 6 rings (SSSR count). The minimum absolute atomic E-state index is 0.0896. The molecule has 0 spiro atoms. The Labute approximate surface area is 181 Å². The molecule has 0 atom stereocenters. The second-order valence-corrected chi connectivity index (χ2v) is 7.93. The van der Waals surface area contributed by atoms with Crippen molar-refractivity contribution in [1.29, 1.82) is 0 Å². The van der Waals surface area contributed by atoms with Gasteiger partial charge in [-0.25, -0.2) is 14.5 Å². The number of pyridine rings is 1. The molecule has 1 aliphatic rings. The summed E-state index contributed by atoms with van der Waals surface area (Å²) in [6.07, 6.45) is 5.80. The van der Waals surface area contributed by atoms with Crippen LogP contribution in [0.4, 0.5) is 0 Å². The molecule has 4 aromatic heterocycles. The quantitative estimate of drug-likeness (QED) is 0.457. The van der Waals surface area contributed by atoms with Gasteiger partial charge in [0.1, 0.15) is 5.82 Å². The third-order valence-corrected chi connectivity index (χ3v) is 5.93. The molecule has 9 nitrogen and oxygen atoms in total. The molecule has 0 aliphatic carbocycles. The van der Waals surface area contributed by atoms with E-state index in [0.29, 0.717) is 41.9 Å². The molecule has 32 heavy (non-hydrogen) atoms. The summed E-state index contributed by atoms with van der Waals surface area (Å²) in [5, 5.41) is 3.62. The molecule has 0 bridgehead atoms. The van der Waals surface area contributed by atoms with Gasteiger partial charge in [0.05, 0.1) is 16.6 Å². The molecule has 9 heteroatoms. The molecule has 5 heterocycles. The molecule has 0 saturated heterocycles. The van der Waals surface area contributed by atoms with E-state index in [4.69, 9.17) is 9.97 Å². The van der Waals surface area contributed by atoms with Gasteiger partial charge in [0.15, 0.2) is 5.65 Å². The molecule has 2 N–H and O–H groups in total. The second kappa shape index (κ2) is 7.24. The minimum Gasteiger partial charge on any atom is -0.306 e. The number of benzene rings is 1. The number of H-pyrrole nitrogens is 2. The zero-order valence-corrected chi connectivity index (χ0v) is 17.1. The van der Waals surface area contributed by atoms with Crippen molar-refractivity contribution in [1.82, 2.24) is 34.4 Å². The number of hydrogen-bond donors (Lipinski definition) is 2. The Kier molecular flexibility index (Phi) is 4.22. The average molecular weight is 425 g/mol. The van der Waals surface area contributed by atoms with Crippen LogP contribution in [-0.4, -0.2) is 41.0 Å². The molecule has 0 radical (unpaired) electrons. The molecule has 0 fully saturated rings. The molecule has 0 unspecified atom stereocenters. The average Bonchev–Trinajstić information content (AvgIpc) is 3.22. The van der Waals surface area contributed by atoms with Crippen molar-refractivity contribution in [3.05, 3.63) is 92.5 Å². The van der Waals surface area contributed by atoms with Crippen LogP contribution < -0.4 is 11.1 Å². The van der Waals surface area contributed by atoms with Crippen LogP contribution in [0.25, 0.3) is 27.9 Å². The summed E-state index contributed by atoms with van der Waals surface area (Å²) in [5.74, 6) is 0.546. The maximum atomic E-state index is 12.8. The highest BCUT2D eigenvalue weighted by Crippen LogP contribution is 2.21. The summed E-state index contributed by atoms with van der Waals surface area (Å²) in [5.41, 5.74) is 4.36. The van der Waals surface area contributed by atoms with Crippen molar-refractivity contribution in [2.45, 2.75) is 19.5 Å². The first-order valence-corrected chi connectivity index (χ1v) is 10.4. The molecule has 1 aromatic carbocycles. The topological polar surface area (TPSA) is 112 Å². The lowest BCUT2D eigenvalue weighted by Gasteiger charge is -2.27. The van der Waals surface area contributed by atoms with Crippen molar-refractivity contribution in [2.24, 2.45) is 0 Å². The summed E-state index contributed by atoms with van der Waals surface area (Å²) in [4.78, 5) is 44.0. The maximum Gasteiger partial charge on any atom is 0.280 e. The van der Waals surface area contributed by atoms with E-state index in [2.05, 4.69) is 20.0 Å². The molecule has 5 aromatic rings. The Morgan fingerprint density at radius 3 is 2.75 bits per heavy atom. The van der Waals surface area contributed by atoms with E-state index >= 15 is 0 Å². The van der Waals surface area contributed by atoms with E-state index < -0.39 is 0 Å². The van der Waals surface area contributed by atoms with Crippen LogP contribution in [0.1, 0.15) is 16.8 Å². The van der Waals surface area contributed by atoms with Gasteiger partial charge >= 0.3 is 0 Å². The van der Waals surface area contributed by atoms with Gasteiger partial charge in [0.2, 0.25) is 0 Å². The zero-order valence-electron chi connectivity index (χ0n) is 17.1. The Balaban J connectivity index is 1.34. The number of para-hydroxylation sites is 1. The number of hydrogen-bond acceptors (Lipinski definition) is 6. The van der Waals surface area contributed by atoms with Gasteiger partial charge in [0.25, 0.3) is 11.1 Å². The van der Waals surface area contributed by atoms with Gasteiger partial charge in [-0.15, -0.1) is 0 Å². The largest absolute Gasteiger partial charge is 0.306 e. The fourth-order valence-corrected chi connectivity index (χ4v) is 4.31. The highest BCUT2D eigenvalue weighted by Gasteiger charge is 2.23. The van der Waals surface area contributed by atoms with E-state index in [-0.39, 0.29) is 11.1 Å². The van der Waals surface area contributed by atoms with E-state index in [1.165, 1.54) is 4.52 Å². The minimum atomic E-state index is -0.115. The van der Waals surface area contributed by atoms with Crippen molar-refractivity contribution in [3.8, 4) is 11.4 Å². The lowest BCUT2D eigenvalue weighted by Crippen LogP contribution is -2.35. The standard InChI is InChI=1S/C23H19N7O2/c31-22-16-7-10-29(13-19(16)26-20(28-22)14-5-8-24-9-6-14)12-15-11-25-30-21(15)27-18-4-2-1-3-17(18)23(30)32/h1-6,8-9,11,25H,7,10,12-13H2,(H,26,28,31). The fourth-order valence-electron chi connectivity index (χ4n) is 4.31. The summed E-state index contributed by atoms with van der Waals surface area (Å²) >= 11 is 0. The molecule has 0 saturated carbocycles. The van der Waals surface area contributed by atoms with E-state index in [1.54, 1.807) is 18.5 Å². The second-order valence-electron chi connectivity index (χ2n) is 7.93. The Hall–Kier alpha value is -4.11. The van der Waals surface area contributed by atoms with Crippen LogP contribution in [-0.2, 0) is 19.5 Å². The van der Waals surface area contributed by atoms with E-state index in [1.807, 2.05) is 36.5 Å². The molecular formula is C23H19N7O2. The van der Waals surface area contributed by atoms with Gasteiger partial charge in [-0.05, 0) is 30.7 Å². The molecule has 158 valence electrons. The van der Waals surface area contributed by atoms with Crippen molar-refractivity contribution in [2.75, 3.05) is 6.54 Å². The Morgan fingerprint density at radius 2 is 1.88 bits per heavy atom. The van der Waals surface area contributed by atoms with Gasteiger partial charge in [0, 0.05) is 54.9 Å². The van der Waals surface area contributed by atoms with Gasteiger partial charge in [-0.2, -0.15) is 0 Å². The highest BCUT2D eigenvalue weighted by molar-refractivity contribution is 5.79. The molecular weight excluding hydrogens is 406 g/mol. The number of nitrogens with zero attached hydrogens (tertiary/aromatic N) is 5. The Morgan fingerprint density at radius 1 is 1.03 bits per heavy atom. The van der Waals surface area contributed by atoms with Crippen LogP contribution in [0, 0.1) is 0 Å². The third-order valence-electron chi connectivity index (χ3n) is 5.93. The van der Waals surface area contributed by atoms with Crippen molar-refractivity contribution >= 4 is 16.6 Å². The Bertz CT molecular complexity index is 1580. The normalized spacial score (nSPS) is 14.1. The molecule has 1 aliphatic heterocycles. The predicted octanol–water partition coefficient (Wildman–Crippen LogP) is 1.88. The predicted molar refractivity (Wildman–Crippen MR) is 119 cm³/mol. The maximum absolute atomic E-state index is 12.8. The number of rotatable bonds is 3.